The Labute approximate surface area is 118 Å². The highest BCUT2D eigenvalue weighted by atomic mass is 32.2. The van der Waals surface area contributed by atoms with Crippen molar-refractivity contribution in [3.8, 4) is 0 Å². The Morgan fingerprint density at radius 2 is 2.15 bits per heavy atom. The molecule has 0 spiro atoms. The highest BCUT2D eigenvalue weighted by Gasteiger charge is 2.44. The fourth-order valence-corrected chi connectivity index (χ4v) is 4.66. The zero-order valence-electron chi connectivity index (χ0n) is 11.5. The van der Waals surface area contributed by atoms with Crippen molar-refractivity contribution >= 4 is 21.7 Å². The molecule has 2 N–H and O–H groups in total. The van der Waals surface area contributed by atoms with Crippen LogP contribution in [0.1, 0.15) is 26.2 Å². The van der Waals surface area contributed by atoms with Gasteiger partial charge in [-0.3, -0.25) is 9.59 Å². The van der Waals surface area contributed by atoms with Crippen molar-refractivity contribution in [1.82, 2.24) is 10.2 Å². The van der Waals surface area contributed by atoms with Gasteiger partial charge in [0.1, 0.15) is 6.54 Å². The summed E-state index contributed by atoms with van der Waals surface area (Å²) in [6.07, 6.45) is 1.81. The van der Waals surface area contributed by atoms with E-state index in [4.69, 9.17) is 5.11 Å². The van der Waals surface area contributed by atoms with E-state index >= 15 is 0 Å². The molecule has 1 amide bonds. The monoisotopic (exact) mass is 304 g/mol. The van der Waals surface area contributed by atoms with Gasteiger partial charge in [0, 0.05) is 6.04 Å². The minimum absolute atomic E-state index is 0.0191. The van der Waals surface area contributed by atoms with Crippen LogP contribution in [0.15, 0.2) is 0 Å². The van der Waals surface area contributed by atoms with Crippen molar-refractivity contribution in [2.45, 2.75) is 37.8 Å². The Kier molecular flexibility index (Phi) is 4.06. The third kappa shape index (κ3) is 3.12. The van der Waals surface area contributed by atoms with Gasteiger partial charge in [0.15, 0.2) is 9.84 Å². The number of sulfone groups is 1. The first-order valence-corrected chi connectivity index (χ1v) is 8.54. The zero-order chi connectivity index (χ0) is 15.0. The van der Waals surface area contributed by atoms with Crippen molar-refractivity contribution < 1.29 is 23.1 Å². The van der Waals surface area contributed by atoms with Gasteiger partial charge in [0.25, 0.3) is 0 Å². The Bertz CT molecular complexity index is 510. The van der Waals surface area contributed by atoms with Crippen LogP contribution in [0.4, 0.5) is 0 Å². The first-order valence-electron chi connectivity index (χ1n) is 6.72. The summed E-state index contributed by atoms with van der Waals surface area (Å²) in [5.74, 6) is -1.54. The average Bonchev–Trinajstić information content (AvgIpc) is 2.92. The summed E-state index contributed by atoms with van der Waals surface area (Å²) in [6.45, 7) is 2.02. The molecule has 0 aromatic heterocycles. The van der Waals surface area contributed by atoms with Crippen LogP contribution in [0.5, 0.6) is 0 Å². The van der Waals surface area contributed by atoms with Crippen LogP contribution in [-0.2, 0) is 19.4 Å². The number of nitrogens with one attached hydrogen (secondary N) is 1. The van der Waals surface area contributed by atoms with E-state index in [9.17, 15) is 18.0 Å². The third-order valence-corrected chi connectivity index (χ3v) is 5.81. The molecule has 2 rings (SSSR count). The van der Waals surface area contributed by atoms with E-state index in [0.717, 1.165) is 6.42 Å². The highest BCUT2D eigenvalue weighted by Crippen LogP contribution is 2.25. The number of carboxylic acid groups (broad SMARTS) is 1. The molecular formula is C12H20N2O5S. The number of carbonyl (C=O) groups is 2. The number of rotatable bonds is 4. The molecule has 2 fully saturated rings. The molecule has 7 nitrogen and oxygen atoms in total. The summed E-state index contributed by atoms with van der Waals surface area (Å²) in [5.41, 5.74) is -0.776. The highest BCUT2D eigenvalue weighted by molar-refractivity contribution is 7.91. The van der Waals surface area contributed by atoms with E-state index in [1.807, 2.05) is 0 Å². The third-order valence-electron chi connectivity index (χ3n) is 4.06. The SMILES string of the molecule is CC1(C(=O)N(CC(=O)O)C2CCS(=O)(=O)C2)CCCN1. The predicted molar refractivity (Wildman–Crippen MR) is 72.0 cm³/mol. The Balaban J connectivity index is 2.19. The van der Waals surface area contributed by atoms with E-state index in [0.29, 0.717) is 19.4 Å². The summed E-state index contributed by atoms with van der Waals surface area (Å²) in [6, 6.07) is -0.525. The summed E-state index contributed by atoms with van der Waals surface area (Å²) < 4.78 is 23.1. The van der Waals surface area contributed by atoms with Gasteiger partial charge in [-0.2, -0.15) is 0 Å². The topological polar surface area (TPSA) is 104 Å². The summed E-state index contributed by atoms with van der Waals surface area (Å²) in [7, 11) is -3.16. The second-order valence-electron chi connectivity index (χ2n) is 5.75. The molecule has 2 atom stereocenters. The normalized spacial score (nSPS) is 32.1. The zero-order valence-corrected chi connectivity index (χ0v) is 12.3. The van der Waals surface area contributed by atoms with Gasteiger partial charge in [-0.1, -0.05) is 0 Å². The van der Waals surface area contributed by atoms with Gasteiger partial charge in [0.05, 0.1) is 17.0 Å². The second-order valence-corrected chi connectivity index (χ2v) is 7.97. The Morgan fingerprint density at radius 3 is 2.60 bits per heavy atom. The molecule has 2 aliphatic rings. The molecule has 0 saturated carbocycles. The van der Waals surface area contributed by atoms with Gasteiger partial charge in [-0.15, -0.1) is 0 Å². The smallest absolute Gasteiger partial charge is 0.323 e. The first-order chi connectivity index (χ1) is 9.23. The minimum Gasteiger partial charge on any atom is -0.480 e. The minimum atomic E-state index is -3.16. The van der Waals surface area contributed by atoms with Crippen LogP contribution >= 0.6 is 0 Å². The van der Waals surface area contributed by atoms with Crippen LogP contribution in [0.3, 0.4) is 0 Å². The Hall–Kier alpha value is -1.15. The van der Waals surface area contributed by atoms with E-state index in [2.05, 4.69) is 5.32 Å². The lowest BCUT2D eigenvalue weighted by Crippen LogP contribution is -2.57. The molecule has 0 radical (unpaired) electrons. The van der Waals surface area contributed by atoms with Crippen molar-refractivity contribution in [2.75, 3.05) is 24.6 Å². The maximum Gasteiger partial charge on any atom is 0.323 e. The molecule has 114 valence electrons. The first kappa shape index (κ1) is 15.2. The summed E-state index contributed by atoms with van der Waals surface area (Å²) >= 11 is 0. The van der Waals surface area contributed by atoms with Crippen LogP contribution < -0.4 is 5.32 Å². The molecule has 0 bridgehead atoms. The maximum atomic E-state index is 12.6. The molecule has 8 heteroatoms. The number of hydrogen-bond donors (Lipinski definition) is 2. The van der Waals surface area contributed by atoms with Gasteiger partial charge in [0.2, 0.25) is 5.91 Å². The van der Waals surface area contributed by atoms with Gasteiger partial charge < -0.3 is 15.3 Å². The molecule has 2 saturated heterocycles. The molecule has 2 heterocycles. The molecular weight excluding hydrogens is 284 g/mol. The lowest BCUT2D eigenvalue weighted by Gasteiger charge is -2.34. The second kappa shape index (κ2) is 5.33. The van der Waals surface area contributed by atoms with Gasteiger partial charge in [-0.05, 0) is 32.7 Å². The van der Waals surface area contributed by atoms with Crippen molar-refractivity contribution in [2.24, 2.45) is 0 Å². The molecule has 0 aliphatic carbocycles. The fraction of sp³-hybridized carbons (Fsp3) is 0.833. The lowest BCUT2D eigenvalue weighted by molar-refractivity contribution is -0.148. The van der Waals surface area contributed by atoms with E-state index in [1.54, 1.807) is 6.92 Å². The van der Waals surface area contributed by atoms with E-state index in [1.165, 1.54) is 4.90 Å². The van der Waals surface area contributed by atoms with E-state index in [-0.39, 0.29) is 17.4 Å². The van der Waals surface area contributed by atoms with Gasteiger partial charge in [-0.25, -0.2) is 8.42 Å². The molecule has 2 unspecified atom stereocenters. The lowest BCUT2D eigenvalue weighted by atomic mass is 9.97. The quantitative estimate of drug-likeness (QED) is 0.707. The van der Waals surface area contributed by atoms with Crippen LogP contribution in [0.2, 0.25) is 0 Å². The Morgan fingerprint density at radius 1 is 1.45 bits per heavy atom. The number of aliphatic carboxylic acids is 1. The number of nitrogens with zero attached hydrogens (tertiary/aromatic N) is 1. The average molecular weight is 304 g/mol. The molecule has 20 heavy (non-hydrogen) atoms. The standard InChI is InChI=1S/C12H20N2O5S/c1-12(4-2-5-13-12)11(17)14(7-10(15)16)9-3-6-20(18,19)8-9/h9,13H,2-8H2,1H3,(H,15,16). The molecule has 2 aliphatic heterocycles. The molecule has 0 aromatic carbocycles. The predicted octanol–water partition coefficient (Wildman–Crippen LogP) is -0.771. The van der Waals surface area contributed by atoms with Crippen molar-refractivity contribution in [3.05, 3.63) is 0 Å². The number of hydrogen-bond acceptors (Lipinski definition) is 5. The van der Waals surface area contributed by atoms with Crippen LogP contribution in [0, 0.1) is 0 Å². The fourth-order valence-electron chi connectivity index (χ4n) is 2.93. The number of carbonyl (C=O) groups excluding carboxylic acids is 1. The number of amides is 1. The largest absolute Gasteiger partial charge is 0.480 e. The summed E-state index contributed by atoms with van der Waals surface area (Å²) in [4.78, 5) is 24.8. The van der Waals surface area contributed by atoms with E-state index < -0.39 is 33.9 Å². The maximum absolute atomic E-state index is 12.6. The van der Waals surface area contributed by atoms with Crippen LogP contribution in [-0.4, -0.2) is 66.5 Å². The summed E-state index contributed by atoms with van der Waals surface area (Å²) in [5, 5.41) is 12.1. The van der Waals surface area contributed by atoms with Crippen molar-refractivity contribution in [1.29, 1.82) is 0 Å². The van der Waals surface area contributed by atoms with Crippen LogP contribution in [0.25, 0.3) is 0 Å². The number of carboxylic acids is 1. The van der Waals surface area contributed by atoms with Crippen molar-refractivity contribution in [3.63, 3.8) is 0 Å². The molecule has 0 aromatic rings. The van der Waals surface area contributed by atoms with Gasteiger partial charge >= 0.3 is 5.97 Å².